The van der Waals surface area contributed by atoms with Crippen molar-refractivity contribution in [1.29, 1.82) is 0 Å². The van der Waals surface area contributed by atoms with E-state index in [4.69, 9.17) is 4.74 Å². The first-order chi connectivity index (χ1) is 11.3. The molecule has 0 radical (unpaired) electrons. The highest BCUT2D eigenvalue weighted by molar-refractivity contribution is 5.68. The van der Waals surface area contributed by atoms with Crippen LogP contribution in [0, 0.1) is 6.92 Å². The lowest BCUT2D eigenvalue weighted by Crippen LogP contribution is -2.36. The van der Waals surface area contributed by atoms with Crippen molar-refractivity contribution in [2.75, 3.05) is 18.4 Å². The number of rotatable bonds is 2. The fourth-order valence-corrected chi connectivity index (χ4v) is 3.40. The third-order valence-electron chi connectivity index (χ3n) is 4.48. The largest absolute Gasteiger partial charge is 0.444 e. The standard InChI is InChI=1S/C18H28N4O2/c1-12-19-15-8-6-5-7-14(15)16(20-12)21-13-9-10-22(11-13)17(23)24-18(2,3)4/h13H,5-11H2,1-4H3,(H,19,20,21). The number of hydrogen-bond acceptors (Lipinski definition) is 5. The molecule has 1 aromatic rings. The van der Waals surface area contributed by atoms with Gasteiger partial charge in [-0.1, -0.05) is 0 Å². The van der Waals surface area contributed by atoms with Crippen molar-refractivity contribution < 1.29 is 9.53 Å². The first-order valence-corrected chi connectivity index (χ1v) is 8.93. The molecular formula is C18H28N4O2. The van der Waals surface area contributed by atoms with E-state index in [9.17, 15) is 4.79 Å². The van der Waals surface area contributed by atoms with Gasteiger partial charge in [0.15, 0.2) is 0 Å². The monoisotopic (exact) mass is 332 g/mol. The Morgan fingerprint density at radius 2 is 2.00 bits per heavy atom. The van der Waals surface area contributed by atoms with E-state index in [1.54, 1.807) is 4.90 Å². The molecule has 2 heterocycles. The molecule has 1 aliphatic carbocycles. The highest BCUT2D eigenvalue weighted by atomic mass is 16.6. The van der Waals surface area contributed by atoms with Gasteiger partial charge in [-0.3, -0.25) is 0 Å². The van der Waals surface area contributed by atoms with Crippen molar-refractivity contribution in [2.45, 2.75) is 71.4 Å². The zero-order valence-corrected chi connectivity index (χ0v) is 15.2. The van der Waals surface area contributed by atoms with Crippen LogP contribution in [0.15, 0.2) is 0 Å². The van der Waals surface area contributed by atoms with Crippen molar-refractivity contribution in [1.82, 2.24) is 14.9 Å². The second-order valence-electron chi connectivity index (χ2n) is 7.81. The zero-order valence-electron chi connectivity index (χ0n) is 15.2. The number of nitrogens with zero attached hydrogens (tertiary/aromatic N) is 3. The lowest BCUT2D eigenvalue weighted by atomic mass is 9.96. The number of amides is 1. The van der Waals surface area contributed by atoms with Gasteiger partial charge in [0.25, 0.3) is 0 Å². The van der Waals surface area contributed by atoms with E-state index in [1.165, 1.54) is 24.1 Å². The lowest BCUT2D eigenvalue weighted by molar-refractivity contribution is 0.0293. The summed E-state index contributed by atoms with van der Waals surface area (Å²) in [5.74, 6) is 1.79. The minimum atomic E-state index is -0.453. The van der Waals surface area contributed by atoms with Crippen molar-refractivity contribution >= 4 is 11.9 Å². The van der Waals surface area contributed by atoms with Crippen LogP contribution in [0.25, 0.3) is 0 Å². The minimum absolute atomic E-state index is 0.220. The van der Waals surface area contributed by atoms with Gasteiger partial charge in [0, 0.05) is 30.4 Å². The van der Waals surface area contributed by atoms with E-state index >= 15 is 0 Å². The molecule has 3 rings (SSSR count). The quantitative estimate of drug-likeness (QED) is 0.901. The van der Waals surface area contributed by atoms with E-state index in [-0.39, 0.29) is 12.1 Å². The highest BCUT2D eigenvalue weighted by Crippen LogP contribution is 2.27. The maximum atomic E-state index is 12.2. The van der Waals surface area contributed by atoms with Crippen LogP contribution in [0.2, 0.25) is 0 Å². The number of ether oxygens (including phenoxy) is 1. The van der Waals surface area contributed by atoms with Crippen LogP contribution in [-0.2, 0) is 17.6 Å². The number of nitrogens with one attached hydrogen (secondary N) is 1. The molecule has 0 aromatic carbocycles. The third kappa shape index (κ3) is 3.97. The summed E-state index contributed by atoms with van der Waals surface area (Å²) in [7, 11) is 0. The van der Waals surface area contributed by atoms with Crippen LogP contribution in [0.5, 0.6) is 0 Å². The molecule has 1 unspecified atom stereocenters. The van der Waals surface area contributed by atoms with E-state index in [0.29, 0.717) is 6.54 Å². The number of aryl methyl sites for hydroxylation is 2. The van der Waals surface area contributed by atoms with Crippen LogP contribution in [0.3, 0.4) is 0 Å². The Hall–Kier alpha value is -1.85. The molecule has 6 heteroatoms. The molecule has 132 valence electrons. The van der Waals surface area contributed by atoms with Gasteiger partial charge in [0.2, 0.25) is 0 Å². The molecule has 1 saturated heterocycles. The minimum Gasteiger partial charge on any atom is -0.444 e. The molecule has 0 spiro atoms. The van der Waals surface area contributed by atoms with Crippen molar-refractivity contribution in [3.63, 3.8) is 0 Å². The van der Waals surface area contributed by atoms with Crippen LogP contribution in [0.4, 0.5) is 10.6 Å². The van der Waals surface area contributed by atoms with Gasteiger partial charge >= 0.3 is 6.09 Å². The molecule has 1 N–H and O–H groups in total. The average Bonchev–Trinajstić information content (AvgIpc) is 2.94. The Kier molecular flexibility index (Phi) is 4.65. The number of fused-ring (bicyclic) bond motifs is 1. The predicted octanol–water partition coefficient (Wildman–Crippen LogP) is 3.09. The van der Waals surface area contributed by atoms with E-state index < -0.39 is 5.60 Å². The van der Waals surface area contributed by atoms with Crippen LogP contribution in [0.1, 0.15) is 57.1 Å². The predicted molar refractivity (Wildman–Crippen MR) is 93.2 cm³/mol. The van der Waals surface area contributed by atoms with E-state index in [1.807, 2.05) is 27.7 Å². The second-order valence-corrected chi connectivity index (χ2v) is 7.81. The molecule has 1 amide bonds. The molecule has 1 aromatic heterocycles. The molecule has 1 aliphatic heterocycles. The molecule has 1 atom stereocenters. The first kappa shape index (κ1) is 17.0. The molecule has 1 fully saturated rings. The number of likely N-dealkylation sites (tertiary alicyclic amines) is 1. The maximum absolute atomic E-state index is 12.2. The fourth-order valence-electron chi connectivity index (χ4n) is 3.40. The molecule has 6 nitrogen and oxygen atoms in total. The van der Waals surface area contributed by atoms with Crippen molar-refractivity contribution in [3.05, 3.63) is 17.1 Å². The Bertz CT molecular complexity index is 624. The van der Waals surface area contributed by atoms with Gasteiger partial charge in [-0.15, -0.1) is 0 Å². The lowest BCUT2D eigenvalue weighted by Gasteiger charge is -2.25. The molecule has 2 aliphatic rings. The average molecular weight is 332 g/mol. The first-order valence-electron chi connectivity index (χ1n) is 8.93. The van der Waals surface area contributed by atoms with Gasteiger partial charge in [0.05, 0.1) is 0 Å². The zero-order chi connectivity index (χ0) is 17.3. The normalized spacial score (nSPS) is 20.7. The van der Waals surface area contributed by atoms with Gasteiger partial charge < -0.3 is 15.0 Å². The van der Waals surface area contributed by atoms with Crippen molar-refractivity contribution in [3.8, 4) is 0 Å². The van der Waals surface area contributed by atoms with Gasteiger partial charge in [0.1, 0.15) is 17.2 Å². The Labute approximate surface area is 144 Å². The topological polar surface area (TPSA) is 67.4 Å². The summed E-state index contributed by atoms with van der Waals surface area (Å²) in [6, 6.07) is 0.220. The summed E-state index contributed by atoms with van der Waals surface area (Å²) in [6.07, 6.45) is 5.17. The summed E-state index contributed by atoms with van der Waals surface area (Å²) in [5, 5.41) is 3.56. The Balaban J connectivity index is 1.66. The molecule has 0 bridgehead atoms. The number of carbonyl (C=O) groups excluding carboxylic acids is 1. The number of carbonyl (C=O) groups is 1. The van der Waals surface area contributed by atoms with Gasteiger partial charge in [-0.2, -0.15) is 0 Å². The second kappa shape index (κ2) is 6.57. The molecular weight excluding hydrogens is 304 g/mol. The SMILES string of the molecule is Cc1nc2c(c(NC3CCN(C(=O)OC(C)(C)C)C3)n1)CCCC2. The highest BCUT2D eigenvalue weighted by Gasteiger charge is 2.30. The van der Waals surface area contributed by atoms with Crippen molar-refractivity contribution in [2.24, 2.45) is 0 Å². The Morgan fingerprint density at radius 3 is 2.75 bits per heavy atom. The third-order valence-corrected chi connectivity index (χ3v) is 4.48. The van der Waals surface area contributed by atoms with Crippen LogP contribution < -0.4 is 5.32 Å². The fraction of sp³-hybridized carbons (Fsp3) is 0.722. The molecule has 24 heavy (non-hydrogen) atoms. The maximum Gasteiger partial charge on any atom is 0.410 e. The summed E-state index contributed by atoms with van der Waals surface area (Å²) in [6.45, 7) is 9.01. The summed E-state index contributed by atoms with van der Waals surface area (Å²) in [4.78, 5) is 23.2. The summed E-state index contributed by atoms with van der Waals surface area (Å²) < 4.78 is 5.46. The van der Waals surface area contributed by atoms with Gasteiger partial charge in [-0.25, -0.2) is 14.8 Å². The van der Waals surface area contributed by atoms with Crippen LogP contribution in [-0.4, -0.2) is 45.7 Å². The number of aromatic nitrogens is 2. The van der Waals surface area contributed by atoms with Crippen LogP contribution >= 0.6 is 0 Å². The number of hydrogen-bond donors (Lipinski definition) is 1. The Morgan fingerprint density at radius 1 is 1.25 bits per heavy atom. The summed E-state index contributed by atoms with van der Waals surface area (Å²) >= 11 is 0. The van der Waals surface area contributed by atoms with Gasteiger partial charge in [-0.05, 0) is 59.8 Å². The van der Waals surface area contributed by atoms with E-state index in [0.717, 1.165) is 37.4 Å². The van der Waals surface area contributed by atoms with E-state index in [2.05, 4.69) is 15.3 Å². The number of anilines is 1. The summed E-state index contributed by atoms with van der Waals surface area (Å²) in [5.41, 5.74) is 2.01. The molecule has 0 saturated carbocycles. The smallest absolute Gasteiger partial charge is 0.410 e.